The molecule has 2 N–H and O–H groups in total. The van der Waals surface area contributed by atoms with E-state index in [0.717, 1.165) is 25.6 Å². The van der Waals surface area contributed by atoms with Gasteiger partial charge in [0, 0.05) is 56.4 Å². The Morgan fingerprint density at radius 3 is 3.00 bits per heavy atom. The Morgan fingerprint density at radius 2 is 2.21 bits per heavy atom. The lowest BCUT2D eigenvalue weighted by Gasteiger charge is -2.15. The molecular formula is C19H21FN6O2. The van der Waals surface area contributed by atoms with Gasteiger partial charge in [0.15, 0.2) is 5.82 Å². The number of pyridine rings is 1. The molecule has 3 aromatic rings. The van der Waals surface area contributed by atoms with Gasteiger partial charge in [-0.2, -0.15) is 0 Å². The maximum atomic E-state index is 13.6. The second kappa shape index (κ2) is 7.41. The number of carbonyl (C=O) groups is 1. The Hall–Kier alpha value is -3.23. The van der Waals surface area contributed by atoms with Gasteiger partial charge in [0.05, 0.1) is 11.9 Å². The number of amides is 1. The second-order valence-corrected chi connectivity index (χ2v) is 6.91. The van der Waals surface area contributed by atoms with E-state index in [0.29, 0.717) is 41.8 Å². The SMILES string of the molecule is Cn1cc(-c2c[nH]c3ncc(F)cc23)nc(NCCCN2CCCC2=O)c1=O. The number of likely N-dealkylation sites (tertiary alicyclic amines) is 1. The van der Waals surface area contributed by atoms with Gasteiger partial charge < -0.3 is 19.8 Å². The van der Waals surface area contributed by atoms with E-state index in [9.17, 15) is 14.0 Å². The highest BCUT2D eigenvalue weighted by Gasteiger charge is 2.19. The van der Waals surface area contributed by atoms with Crippen molar-refractivity contribution in [1.82, 2.24) is 24.4 Å². The van der Waals surface area contributed by atoms with Gasteiger partial charge in [-0.05, 0) is 18.9 Å². The van der Waals surface area contributed by atoms with E-state index in [1.54, 1.807) is 19.4 Å². The highest BCUT2D eigenvalue weighted by atomic mass is 19.1. The summed E-state index contributed by atoms with van der Waals surface area (Å²) >= 11 is 0. The first-order chi connectivity index (χ1) is 13.5. The number of hydrogen-bond donors (Lipinski definition) is 2. The standard InChI is InChI=1S/C19H21FN6O2/c1-25-11-15(14-10-23-17-13(14)8-12(20)9-22-17)24-18(19(25)28)21-5-3-7-26-6-2-4-16(26)27/h8-11H,2-7H2,1H3,(H,21,24)(H,22,23). The minimum atomic E-state index is -0.437. The van der Waals surface area contributed by atoms with Crippen LogP contribution < -0.4 is 10.9 Å². The normalized spacial score (nSPS) is 14.2. The number of aryl methyl sites for hydroxylation is 1. The van der Waals surface area contributed by atoms with Crippen LogP contribution in [-0.4, -0.2) is 50.0 Å². The second-order valence-electron chi connectivity index (χ2n) is 6.91. The highest BCUT2D eigenvalue weighted by Crippen LogP contribution is 2.26. The molecule has 0 radical (unpaired) electrons. The van der Waals surface area contributed by atoms with Crippen LogP contribution in [0.1, 0.15) is 19.3 Å². The molecule has 1 saturated heterocycles. The molecule has 0 aliphatic carbocycles. The summed E-state index contributed by atoms with van der Waals surface area (Å²) in [5.74, 6) is -0.0179. The van der Waals surface area contributed by atoms with Crippen LogP contribution in [0.4, 0.5) is 10.2 Å². The van der Waals surface area contributed by atoms with Crippen LogP contribution in [0.25, 0.3) is 22.3 Å². The average molecular weight is 384 g/mol. The summed E-state index contributed by atoms with van der Waals surface area (Å²) < 4.78 is 15.0. The van der Waals surface area contributed by atoms with E-state index in [1.165, 1.54) is 10.6 Å². The fraction of sp³-hybridized carbons (Fsp3) is 0.368. The smallest absolute Gasteiger partial charge is 0.293 e. The summed E-state index contributed by atoms with van der Waals surface area (Å²) in [6.45, 7) is 2.00. The fourth-order valence-electron chi connectivity index (χ4n) is 3.46. The van der Waals surface area contributed by atoms with E-state index < -0.39 is 5.82 Å². The summed E-state index contributed by atoms with van der Waals surface area (Å²) in [6.07, 6.45) is 6.72. The van der Waals surface area contributed by atoms with Gasteiger partial charge in [-0.3, -0.25) is 9.59 Å². The van der Waals surface area contributed by atoms with Crippen LogP contribution in [-0.2, 0) is 11.8 Å². The molecule has 0 saturated carbocycles. The molecule has 8 nitrogen and oxygen atoms in total. The van der Waals surface area contributed by atoms with Crippen LogP contribution in [0.3, 0.4) is 0 Å². The Bertz CT molecular complexity index is 1090. The van der Waals surface area contributed by atoms with Crippen LogP contribution in [0.15, 0.2) is 29.5 Å². The quantitative estimate of drug-likeness (QED) is 0.633. The third kappa shape index (κ3) is 3.47. The summed E-state index contributed by atoms with van der Waals surface area (Å²) in [7, 11) is 1.65. The first-order valence-electron chi connectivity index (χ1n) is 9.25. The van der Waals surface area contributed by atoms with E-state index in [4.69, 9.17) is 0 Å². The molecule has 28 heavy (non-hydrogen) atoms. The zero-order valence-corrected chi connectivity index (χ0v) is 15.5. The Labute approximate surface area is 160 Å². The molecule has 1 amide bonds. The Morgan fingerprint density at radius 1 is 1.36 bits per heavy atom. The molecule has 3 aromatic heterocycles. The summed E-state index contributed by atoms with van der Waals surface area (Å²) in [5, 5.41) is 3.67. The minimum Gasteiger partial charge on any atom is -0.365 e. The summed E-state index contributed by atoms with van der Waals surface area (Å²) in [6, 6.07) is 1.39. The molecule has 0 unspecified atom stereocenters. The largest absolute Gasteiger partial charge is 0.365 e. The molecule has 1 aliphatic heterocycles. The number of aromatic nitrogens is 4. The number of anilines is 1. The van der Waals surface area contributed by atoms with Crippen molar-refractivity contribution in [2.45, 2.75) is 19.3 Å². The van der Waals surface area contributed by atoms with Crippen LogP contribution in [0, 0.1) is 5.82 Å². The topological polar surface area (TPSA) is 95.9 Å². The van der Waals surface area contributed by atoms with Crippen molar-refractivity contribution < 1.29 is 9.18 Å². The zero-order chi connectivity index (χ0) is 19.7. The lowest BCUT2D eigenvalue weighted by Crippen LogP contribution is -2.28. The molecule has 4 rings (SSSR count). The molecule has 146 valence electrons. The van der Waals surface area contributed by atoms with Gasteiger partial charge in [-0.15, -0.1) is 0 Å². The first-order valence-corrected chi connectivity index (χ1v) is 9.25. The maximum Gasteiger partial charge on any atom is 0.293 e. The highest BCUT2D eigenvalue weighted by molar-refractivity contribution is 5.92. The summed E-state index contributed by atoms with van der Waals surface area (Å²) in [5.41, 5.74) is 1.52. The maximum absolute atomic E-state index is 13.6. The number of nitrogens with one attached hydrogen (secondary N) is 2. The number of nitrogens with zero attached hydrogens (tertiary/aromatic N) is 4. The number of rotatable bonds is 6. The number of aromatic amines is 1. The molecule has 0 bridgehead atoms. The third-order valence-corrected chi connectivity index (χ3v) is 4.91. The number of halogens is 1. The molecule has 1 fully saturated rings. The van der Waals surface area contributed by atoms with Gasteiger partial charge in [-0.1, -0.05) is 0 Å². The monoisotopic (exact) mass is 384 g/mol. The molecule has 9 heteroatoms. The van der Waals surface area contributed by atoms with Crippen LogP contribution >= 0.6 is 0 Å². The molecular weight excluding hydrogens is 363 g/mol. The molecule has 4 heterocycles. The molecule has 0 atom stereocenters. The van der Waals surface area contributed by atoms with Crippen molar-refractivity contribution in [1.29, 1.82) is 0 Å². The summed E-state index contributed by atoms with van der Waals surface area (Å²) in [4.78, 5) is 37.4. The van der Waals surface area contributed by atoms with Crippen molar-refractivity contribution in [2.24, 2.45) is 7.05 Å². The van der Waals surface area contributed by atoms with Gasteiger partial charge in [-0.25, -0.2) is 14.4 Å². The van der Waals surface area contributed by atoms with Crippen molar-refractivity contribution in [3.8, 4) is 11.3 Å². The van der Waals surface area contributed by atoms with Crippen LogP contribution in [0.2, 0.25) is 0 Å². The van der Waals surface area contributed by atoms with Gasteiger partial charge in [0.25, 0.3) is 5.56 Å². The van der Waals surface area contributed by atoms with E-state index in [-0.39, 0.29) is 17.3 Å². The fourth-order valence-corrected chi connectivity index (χ4v) is 3.46. The zero-order valence-electron chi connectivity index (χ0n) is 15.5. The van der Waals surface area contributed by atoms with Crippen LogP contribution in [0.5, 0.6) is 0 Å². The van der Waals surface area contributed by atoms with Gasteiger partial charge in [0.2, 0.25) is 5.91 Å². The van der Waals surface area contributed by atoms with E-state index in [2.05, 4.69) is 20.3 Å². The van der Waals surface area contributed by atoms with Crippen molar-refractivity contribution in [3.05, 3.63) is 40.8 Å². The lowest BCUT2D eigenvalue weighted by molar-refractivity contribution is -0.127. The molecule has 0 spiro atoms. The first kappa shape index (κ1) is 18.1. The predicted molar refractivity (Wildman–Crippen MR) is 103 cm³/mol. The van der Waals surface area contributed by atoms with Gasteiger partial charge in [0.1, 0.15) is 11.5 Å². The number of H-pyrrole nitrogens is 1. The van der Waals surface area contributed by atoms with Crippen molar-refractivity contribution in [3.63, 3.8) is 0 Å². The van der Waals surface area contributed by atoms with Crippen molar-refractivity contribution >= 4 is 22.8 Å². The third-order valence-electron chi connectivity index (χ3n) is 4.91. The Balaban J connectivity index is 1.53. The average Bonchev–Trinajstić information content (AvgIpc) is 3.27. The number of carbonyl (C=O) groups excluding carboxylic acids is 1. The number of fused-ring (bicyclic) bond motifs is 1. The Kier molecular flexibility index (Phi) is 4.81. The van der Waals surface area contributed by atoms with E-state index >= 15 is 0 Å². The minimum absolute atomic E-state index is 0.191. The molecule has 1 aliphatic rings. The predicted octanol–water partition coefficient (Wildman–Crippen LogP) is 1.89. The van der Waals surface area contributed by atoms with E-state index in [1.807, 2.05) is 4.90 Å². The van der Waals surface area contributed by atoms with Crippen molar-refractivity contribution in [2.75, 3.05) is 25.0 Å². The lowest BCUT2D eigenvalue weighted by atomic mass is 10.1. The molecule has 0 aromatic carbocycles. The number of hydrogen-bond acceptors (Lipinski definition) is 5. The van der Waals surface area contributed by atoms with Gasteiger partial charge >= 0.3 is 0 Å².